The van der Waals surface area contributed by atoms with Gasteiger partial charge in [0.2, 0.25) is 0 Å². The number of amides is 1. The van der Waals surface area contributed by atoms with Crippen LogP contribution < -0.4 is 19.3 Å². The summed E-state index contributed by atoms with van der Waals surface area (Å²) in [6.07, 6.45) is 0. The maximum absolute atomic E-state index is 14.2. The molecule has 4 aromatic rings. The highest BCUT2D eigenvalue weighted by Crippen LogP contribution is 2.27. The number of hydrogen-bond donors (Lipinski definition) is 0. The second-order valence-electron chi connectivity index (χ2n) is 8.74. The van der Waals surface area contributed by atoms with Gasteiger partial charge < -0.3 is 14.4 Å². The lowest BCUT2D eigenvalue weighted by Gasteiger charge is -2.25. The molecule has 4 aromatic carbocycles. The average molecular weight is 508 g/mol. The van der Waals surface area contributed by atoms with Gasteiger partial charge in [-0.05, 0) is 86.6 Å². The van der Waals surface area contributed by atoms with Crippen molar-refractivity contribution in [1.29, 1.82) is 0 Å². The molecule has 38 heavy (non-hydrogen) atoms. The van der Waals surface area contributed by atoms with Gasteiger partial charge in [-0.3, -0.25) is 9.69 Å². The number of amidine groups is 1. The van der Waals surface area contributed by atoms with Crippen molar-refractivity contribution in [3.8, 4) is 11.5 Å². The van der Waals surface area contributed by atoms with Crippen molar-refractivity contribution in [2.24, 2.45) is 4.99 Å². The Labute approximate surface area is 224 Å². The van der Waals surface area contributed by atoms with Crippen molar-refractivity contribution < 1.29 is 14.3 Å². The highest BCUT2D eigenvalue weighted by Gasteiger charge is 2.25. The van der Waals surface area contributed by atoms with Crippen LogP contribution >= 0.6 is 0 Å². The molecular formula is C32H33N3O3. The van der Waals surface area contributed by atoms with Crippen molar-refractivity contribution in [2.45, 2.75) is 13.8 Å². The Kier molecular flexibility index (Phi) is 8.77. The molecule has 1 amide bonds. The smallest absolute Gasteiger partial charge is 0.264 e. The van der Waals surface area contributed by atoms with Crippen molar-refractivity contribution in [3.63, 3.8) is 0 Å². The van der Waals surface area contributed by atoms with Crippen molar-refractivity contribution in [1.82, 2.24) is 0 Å². The summed E-state index contributed by atoms with van der Waals surface area (Å²) in [6.45, 7) is 5.04. The van der Waals surface area contributed by atoms with Crippen molar-refractivity contribution in [2.75, 3.05) is 37.1 Å². The van der Waals surface area contributed by atoms with Gasteiger partial charge in [0.25, 0.3) is 5.91 Å². The zero-order valence-electron chi connectivity index (χ0n) is 22.3. The largest absolute Gasteiger partial charge is 0.494 e. The Morgan fingerprint density at radius 3 is 1.71 bits per heavy atom. The highest BCUT2D eigenvalue weighted by molar-refractivity contribution is 6.28. The highest BCUT2D eigenvalue weighted by atomic mass is 16.5. The molecular weight excluding hydrogens is 474 g/mol. The van der Waals surface area contributed by atoms with Crippen LogP contribution in [0.2, 0.25) is 0 Å². The second kappa shape index (κ2) is 12.6. The lowest BCUT2D eigenvalue weighted by molar-refractivity contribution is 0.100. The molecule has 194 valence electrons. The molecule has 0 heterocycles. The summed E-state index contributed by atoms with van der Waals surface area (Å²) in [6, 6.07) is 32.4. The number of nitrogens with zero attached hydrogens (tertiary/aromatic N) is 3. The van der Waals surface area contributed by atoms with E-state index in [1.54, 1.807) is 4.90 Å². The fourth-order valence-electron chi connectivity index (χ4n) is 3.96. The number of anilines is 2. The fraction of sp³-hybridized carbons (Fsp3) is 0.188. The molecule has 0 aliphatic rings. The van der Waals surface area contributed by atoms with E-state index in [2.05, 4.69) is 0 Å². The quantitative estimate of drug-likeness (QED) is 0.181. The normalized spacial score (nSPS) is 11.1. The number of ether oxygens (including phenoxy) is 2. The molecule has 0 fully saturated rings. The zero-order chi connectivity index (χ0) is 26.9. The minimum absolute atomic E-state index is 0.187. The Morgan fingerprint density at radius 2 is 1.18 bits per heavy atom. The van der Waals surface area contributed by atoms with Gasteiger partial charge in [0.1, 0.15) is 17.3 Å². The minimum Gasteiger partial charge on any atom is -0.494 e. The molecule has 0 spiro atoms. The Balaban J connectivity index is 1.85. The van der Waals surface area contributed by atoms with Crippen LogP contribution in [0, 0.1) is 0 Å². The van der Waals surface area contributed by atoms with Crippen LogP contribution in [-0.2, 0) is 0 Å². The third-order valence-corrected chi connectivity index (χ3v) is 5.87. The Morgan fingerprint density at radius 1 is 0.658 bits per heavy atom. The second-order valence-corrected chi connectivity index (χ2v) is 8.74. The molecule has 0 saturated heterocycles. The van der Waals surface area contributed by atoms with Gasteiger partial charge in [-0.2, -0.15) is 0 Å². The summed E-state index contributed by atoms with van der Waals surface area (Å²) >= 11 is 0. The first-order valence-corrected chi connectivity index (χ1v) is 12.7. The predicted molar refractivity (Wildman–Crippen MR) is 155 cm³/mol. The van der Waals surface area contributed by atoms with E-state index in [4.69, 9.17) is 14.5 Å². The number of hydrogen-bond acceptors (Lipinski definition) is 5. The molecule has 0 radical (unpaired) electrons. The maximum Gasteiger partial charge on any atom is 0.264 e. The van der Waals surface area contributed by atoms with Gasteiger partial charge in [0, 0.05) is 30.9 Å². The molecule has 0 bridgehead atoms. The first-order chi connectivity index (χ1) is 18.5. The molecule has 0 aliphatic carbocycles. The third kappa shape index (κ3) is 6.40. The van der Waals surface area contributed by atoms with E-state index in [1.807, 2.05) is 136 Å². The van der Waals surface area contributed by atoms with Crippen LogP contribution in [0.25, 0.3) is 0 Å². The maximum atomic E-state index is 14.2. The van der Waals surface area contributed by atoms with Crippen LogP contribution in [-0.4, -0.2) is 39.1 Å². The number of carbonyl (C=O) groups excluding carboxylic acids is 1. The number of aliphatic imine (C=N–C) groups is 1. The van der Waals surface area contributed by atoms with E-state index in [0.717, 1.165) is 22.7 Å². The molecule has 0 aliphatic heterocycles. The van der Waals surface area contributed by atoms with Crippen molar-refractivity contribution >= 4 is 28.8 Å². The molecule has 0 N–H and O–H groups in total. The monoisotopic (exact) mass is 507 g/mol. The van der Waals surface area contributed by atoms with Gasteiger partial charge >= 0.3 is 0 Å². The van der Waals surface area contributed by atoms with Gasteiger partial charge in [-0.25, -0.2) is 4.99 Å². The molecule has 6 heteroatoms. The predicted octanol–water partition coefficient (Wildman–Crippen LogP) is 6.98. The van der Waals surface area contributed by atoms with Crippen LogP contribution in [0.1, 0.15) is 29.8 Å². The topological polar surface area (TPSA) is 54.4 Å². The number of rotatable bonds is 9. The van der Waals surface area contributed by atoms with Gasteiger partial charge in [-0.1, -0.05) is 30.3 Å². The summed E-state index contributed by atoms with van der Waals surface area (Å²) in [7, 11) is 3.94. The molecule has 6 nitrogen and oxygen atoms in total. The van der Waals surface area contributed by atoms with Crippen LogP contribution in [0.15, 0.2) is 108 Å². The first-order valence-electron chi connectivity index (χ1n) is 12.7. The lowest BCUT2D eigenvalue weighted by atomic mass is 10.1. The number of carbonyl (C=O) groups is 1. The summed E-state index contributed by atoms with van der Waals surface area (Å²) in [4.78, 5) is 22.8. The standard InChI is InChI=1S/C32H33N3O3/c1-5-37-29-20-14-26(15-21-29)33-31(24-10-8-7-9-11-24)35(28-18-22-30(23-19-28)38-6-2)32(36)25-12-16-27(17-13-25)34(3)4/h7-23H,5-6H2,1-4H3. The van der Waals surface area contributed by atoms with E-state index in [-0.39, 0.29) is 5.91 Å². The van der Waals surface area contributed by atoms with Crippen molar-refractivity contribution in [3.05, 3.63) is 114 Å². The lowest BCUT2D eigenvalue weighted by Crippen LogP contribution is -2.37. The van der Waals surface area contributed by atoms with Gasteiger partial charge in [-0.15, -0.1) is 0 Å². The van der Waals surface area contributed by atoms with Gasteiger partial charge in [0.05, 0.1) is 24.6 Å². The van der Waals surface area contributed by atoms with Gasteiger partial charge in [0.15, 0.2) is 0 Å². The summed E-state index contributed by atoms with van der Waals surface area (Å²) in [5.41, 5.74) is 3.77. The van der Waals surface area contributed by atoms with Crippen LogP contribution in [0.3, 0.4) is 0 Å². The number of benzene rings is 4. The third-order valence-electron chi connectivity index (χ3n) is 5.87. The molecule has 0 aromatic heterocycles. The van der Waals surface area contributed by atoms with E-state index in [0.29, 0.717) is 36.0 Å². The minimum atomic E-state index is -0.187. The van der Waals surface area contributed by atoms with E-state index in [1.165, 1.54) is 0 Å². The summed E-state index contributed by atoms with van der Waals surface area (Å²) < 4.78 is 11.2. The molecule has 0 unspecified atom stereocenters. The average Bonchev–Trinajstić information content (AvgIpc) is 2.95. The SMILES string of the molecule is CCOc1ccc(N=C(c2ccccc2)N(C(=O)c2ccc(N(C)C)cc2)c2ccc(OCC)cc2)cc1. The van der Waals surface area contributed by atoms with Crippen LogP contribution in [0.5, 0.6) is 11.5 Å². The molecule has 0 saturated carbocycles. The molecule has 0 atom stereocenters. The van der Waals surface area contributed by atoms with E-state index >= 15 is 0 Å². The van der Waals surface area contributed by atoms with E-state index < -0.39 is 0 Å². The first kappa shape index (κ1) is 26.5. The fourth-order valence-corrected chi connectivity index (χ4v) is 3.96. The van der Waals surface area contributed by atoms with E-state index in [9.17, 15) is 4.79 Å². The van der Waals surface area contributed by atoms with Crippen LogP contribution in [0.4, 0.5) is 17.1 Å². The summed E-state index contributed by atoms with van der Waals surface area (Å²) in [5, 5.41) is 0. The molecule has 4 rings (SSSR count). The zero-order valence-corrected chi connectivity index (χ0v) is 22.3. The Hall–Kier alpha value is -4.58. The Bertz CT molecular complexity index is 1350. The summed E-state index contributed by atoms with van der Waals surface area (Å²) in [5.74, 6) is 1.84.